The standard InChI is InChI=1S/C21H23BrFN7O2.CH4/c22-17-11-16(5-6-18(17)23)26-21(27-31)19-20(29-32-28-19)25-12-14-1-3-15(4-2-14)13-30-9-7-24-8-10-30;/h1-6,11,24,31H,7-10,12-13H2,(H,25,29)(H,26,27);1H4. The van der Waals surface area contributed by atoms with Gasteiger partial charge in [-0.1, -0.05) is 31.7 Å². The summed E-state index contributed by atoms with van der Waals surface area (Å²) in [7, 11) is 0. The Kier molecular flexibility index (Phi) is 8.89. The minimum absolute atomic E-state index is 0. The van der Waals surface area contributed by atoms with E-state index in [0.29, 0.717) is 18.1 Å². The first kappa shape index (κ1) is 24.8. The fourth-order valence-corrected chi connectivity index (χ4v) is 3.72. The molecule has 0 bridgehead atoms. The number of nitrogens with zero attached hydrogens (tertiary/aromatic N) is 4. The van der Waals surface area contributed by atoms with Crippen LogP contribution in [-0.2, 0) is 13.1 Å². The van der Waals surface area contributed by atoms with Crippen LogP contribution in [0.4, 0.5) is 15.9 Å². The van der Waals surface area contributed by atoms with E-state index in [1.54, 1.807) is 0 Å². The minimum Gasteiger partial charge on any atom is -0.361 e. The molecular weight excluding hydrogens is 493 g/mol. The van der Waals surface area contributed by atoms with Gasteiger partial charge < -0.3 is 10.6 Å². The molecule has 2 aromatic carbocycles. The van der Waals surface area contributed by atoms with E-state index in [9.17, 15) is 9.60 Å². The summed E-state index contributed by atoms with van der Waals surface area (Å²) in [4.78, 5) is 6.68. The molecule has 1 fully saturated rings. The van der Waals surface area contributed by atoms with Gasteiger partial charge >= 0.3 is 0 Å². The van der Waals surface area contributed by atoms with E-state index in [1.807, 2.05) is 5.48 Å². The summed E-state index contributed by atoms with van der Waals surface area (Å²) in [6.07, 6.45) is 0. The second kappa shape index (κ2) is 11.8. The number of hydrogen-bond acceptors (Lipinski definition) is 8. The van der Waals surface area contributed by atoms with Crippen molar-refractivity contribution in [1.29, 1.82) is 0 Å². The molecule has 0 radical (unpaired) electrons. The van der Waals surface area contributed by atoms with Gasteiger partial charge in [0.2, 0.25) is 5.82 Å². The van der Waals surface area contributed by atoms with Crippen molar-refractivity contribution in [1.82, 2.24) is 26.0 Å². The lowest BCUT2D eigenvalue weighted by atomic mass is 10.1. The quantitative estimate of drug-likeness (QED) is 0.212. The largest absolute Gasteiger partial charge is 0.361 e. The highest BCUT2D eigenvalue weighted by atomic mass is 79.9. The van der Waals surface area contributed by atoms with E-state index in [4.69, 9.17) is 4.63 Å². The van der Waals surface area contributed by atoms with Crippen LogP contribution in [0.3, 0.4) is 0 Å². The molecule has 0 spiro atoms. The number of rotatable bonds is 7. The molecule has 0 atom stereocenters. The summed E-state index contributed by atoms with van der Waals surface area (Å²) in [5.41, 5.74) is 4.93. The number of amidine groups is 1. The molecule has 0 aliphatic carbocycles. The molecule has 0 saturated carbocycles. The molecule has 2 heterocycles. The molecular formula is C22H27BrFN7O2. The zero-order valence-corrected chi connectivity index (χ0v) is 18.8. The first-order valence-corrected chi connectivity index (χ1v) is 10.9. The molecule has 0 unspecified atom stereocenters. The van der Waals surface area contributed by atoms with Crippen LogP contribution < -0.4 is 16.1 Å². The Morgan fingerprint density at radius 1 is 1.15 bits per heavy atom. The maximum absolute atomic E-state index is 13.4. The third-order valence-electron chi connectivity index (χ3n) is 5.06. The molecule has 0 amide bonds. The first-order chi connectivity index (χ1) is 15.6. The number of hydroxylamine groups is 1. The van der Waals surface area contributed by atoms with Gasteiger partial charge in [-0.05, 0) is 55.6 Å². The lowest BCUT2D eigenvalue weighted by Gasteiger charge is -2.27. The third kappa shape index (κ3) is 6.57. The predicted molar refractivity (Wildman–Crippen MR) is 128 cm³/mol. The fraction of sp³-hybridized carbons (Fsp3) is 0.318. The van der Waals surface area contributed by atoms with Crippen molar-refractivity contribution < 1.29 is 14.2 Å². The van der Waals surface area contributed by atoms with Gasteiger partial charge in [-0.2, -0.15) is 0 Å². The Balaban J connectivity index is 0.00000306. The second-order valence-corrected chi connectivity index (χ2v) is 8.18. The topological polar surface area (TPSA) is 111 Å². The van der Waals surface area contributed by atoms with E-state index >= 15 is 0 Å². The average Bonchev–Trinajstić information content (AvgIpc) is 3.28. The van der Waals surface area contributed by atoms with Crippen LogP contribution in [0.1, 0.15) is 24.2 Å². The molecule has 1 aliphatic rings. The molecule has 1 aliphatic heterocycles. The molecule has 1 saturated heterocycles. The molecule has 9 nitrogen and oxygen atoms in total. The summed E-state index contributed by atoms with van der Waals surface area (Å²) in [5, 5.41) is 23.7. The number of aliphatic imine (C=N–C) groups is 1. The van der Waals surface area contributed by atoms with E-state index in [-0.39, 0.29) is 23.4 Å². The van der Waals surface area contributed by atoms with E-state index in [1.165, 1.54) is 23.8 Å². The number of hydrogen-bond donors (Lipinski definition) is 4. The fourth-order valence-electron chi connectivity index (χ4n) is 3.35. The monoisotopic (exact) mass is 519 g/mol. The molecule has 4 rings (SSSR count). The molecule has 176 valence electrons. The van der Waals surface area contributed by atoms with Gasteiger partial charge in [-0.3, -0.25) is 15.6 Å². The van der Waals surface area contributed by atoms with Crippen molar-refractivity contribution >= 4 is 33.3 Å². The Morgan fingerprint density at radius 2 is 1.88 bits per heavy atom. The van der Waals surface area contributed by atoms with Crippen molar-refractivity contribution in [2.45, 2.75) is 20.5 Å². The Bertz CT molecular complexity index is 1070. The SMILES string of the molecule is C.ONC(=Nc1ccc(F)c(Br)c1)c1nonc1NCc1ccc(CN2CCNCC2)cc1. The van der Waals surface area contributed by atoms with Gasteiger partial charge in [-0.25, -0.2) is 14.0 Å². The molecule has 11 heteroatoms. The van der Waals surface area contributed by atoms with Crippen molar-refractivity contribution in [2.75, 3.05) is 31.5 Å². The number of piperazine rings is 1. The highest BCUT2D eigenvalue weighted by Crippen LogP contribution is 2.23. The van der Waals surface area contributed by atoms with Crippen LogP contribution in [0.2, 0.25) is 0 Å². The smallest absolute Gasteiger partial charge is 0.202 e. The van der Waals surface area contributed by atoms with Crippen LogP contribution in [-0.4, -0.2) is 52.4 Å². The Morgan fingerprint density at radius 3 is 2.58 bits per heavy atom. The average molecular weight is 520 g/mol. The maximum atomic E-state index is 13.4. The zero-order valence-electron chi connectivity index (χ0n) is 17.2. The van der Waals surface area contributed by atoms with E-state index < -0.39 is 5.82 Å². The lowest BCUT2D eigenvalue weighted by Crippen LogP contribution is -2.42. The summed E-state index contributed by atoms with van der Waals surface area (Å²) >= 11 is 3.11. The normalized spacial score (nSPS) is 14.6. The summed E-state index contributed by atoms with van der Waals surface area (Å²) in [6, 6.07) is 12.6. The number of aromatic nitrogens is 2. The van der Waals surface area contributed by atoms with Gasteiger partial charge in [0.15, 0.2) is 11.5 Å². The van der Waals surface area contributed by atoms with Crippen LogP contribution in [0.15, 0.2) is 56.6 Å². The van der Waals surface area contributed by atoms with Gasteiger partial charge in [0.25, 0.3) is 0 Å². The number of anilines is 1. The predicted octanol–water partition coefficient (Wildman–Crippen LogP) is 3.68. The van der Waals surface area contributed by atoms with Crippen molar-refractivity contribution in [3.05, 3.63) is 69.6 Å². The number of benzene rings is 2. The highest BCUT2D eigenvalue weighted by Gasteiger charge is 2.17. The Labute approximate surface area is 200 Å². The molecule has 3 aromatic rings. The Hall–Kier alpha value is -2.86. The van der Waals surface area contributed by atoms with Crippen LogP contribution >= 0.6 is 15.9 Å². The van der Waals surface area contributed by atoms with Crippen LogP contribution in [0, 0.1) is 5.82 Å². The van der Waals surface area contributed by atoms with Gasteiger partial charge in [0.1, 0.15) is 5.82 Å². The number of halogens is 2. The summed E-state index contributed by atoms with van der Waals surface area (Å²) in [6.45, 7) is 5.60. The van der Waals surface area contributed by atoms with Crippen molar-refractivity contribution in [3.8, 4) is 0 Å². The lowest BCUT2D eigenvalue weighted by molar-refractivity contribution is 0.233. The first-order valence-electron chi connectivity index (χ1n) is 10.1. The maximum Gasteiger partial charge on any atom is 0.202 e. The van der Waals surface area contributed by atoms with Crippen LogP contribution in [0.25, 0.3) is 0 Å². The minimum atomic E-state index is -0.410. The van der Waals surface area contributed by atoms with Gasteiger partial charge in [0.05, 0.1) is 10.2 Å². The third-order valence-corrected chi connectivity index (χ3v) is 5.67. The number of nitrogens with one attached hydrogen (secondary N) is 3. The van der Waals surface area contributed by atoms with E-state index in [2.05, 4.69) is 71.0 Å². The highest BCUT2D eigenvalue weighted by molar-refractivity contribution is 9.10. The molecule has 1 aromatic heterocycles. The molecule has 4 N–H and O–H groups in total. The van der Waals surface area contributed by atoms with Crippen molar-refractivity contribution in [2.24, 2.45) is 4.99 Å². The summed E-state index contributed by atoms with van der Waals surface area (Å²) < 4.78 is 18.5. The van der Waals surface area contributed by atoms with Gasteiger partial charge in [-0.15, -0.1) is 0 Å². The van der Waals surface area contributed by atoms with Crippen molar-refractivity contribution in [3.63, 3.8) is 0 Å². The molecule has 33 heavy (non-hydrogen) atoms. The summed E-state index contributed by atoms with van der Waals surface area (Å²) in [5.74, 6) is -0.0816. The van der Waals surface area contributed by atoms with Crippen LogP contribution in [0.5, 0.6) is 0 Å². The second-order valence-electron chi connectivity index (χ2n) is 7.33. The zero-order chi connectivity index (χ0) is 22.3. The van der Waals surface area contributed by atoms with Gasteiger partial charge in [0, 0.05) is 39.3 Å². The van der Waals surface area contributed by atoms with E-state index in [0.717, 1.165) is 38.3 Å².